The molecule has 0 amide bonds. The summed E-state index contributed by atoms with van der Waals surface area (Å²) in [5.74, 6) is 0. The van der Waals surface area contributed by atoms with Crippen LogP contribution < -0.4 is 20.4 Å². The van der Waals surface area contributed by atoms with Gasteiger partial charge in [0.1, 0.15) is 0 Å². The fourth-order valence-electron chi connectivity index (χ4n) is 1.84. The van der Waals surface area contributed by atoms with Crippen LogP contribution in [0.2, 0.25) is 0 Å². The maximum atomic E-state index is 9.53. The minimum Gasteiger partial charge on any atom is 4.00 e. The van der Waals surface area contributed by atoms with Crippen LogP contribution in [-0.4, -0.2) is 120 Å². The van der Waals surface area contributed by atoms with Crippen LogP contribution in [0.5, 0.6) is 0 Å². The molecule has 0 spiro atoms. The Morgan fingerprint density at radius 1 is 0.175 bits per heavy atom. The maximum absolute atomic E-state index is 9.53. The van der Waals surface area contributed by atoms with E-state index in [9.17, 15) is 20.4 Å². The first-order valence-electron chi connectivity index (χ1n) is 38.6. The van der Waals surface area contributed by atoms with Crippen LogP contribution in [0.1, 0.15) is 395 Å². The predicted molar refractivity (Wildman–Crippen MR) is 420 cm³/mol. The van der Waals surface area contributed by atoms with Gasteiger partial charge in [-0.2, -0.15) is 51.4 Å². The van der Waals surface area contributed by atoms with E-state index in [4.69, 9.17) is 52.1 Å². The monoisotopic (exact) mass is 2030 g/mol. The Hall–Kier alpha value is 4.90. The molecule has 0 saturated heterocycles. The number of rotatable bonds is 32. The second kappa shape index (κ2) is 370. The first kappa shape index (κ1) is 188. The van der Waals surface area contributed by atoms with Crippen molar-refractivity contribution in [3.63, 3.8) is 0 Å². The van der Waals surface area contributed by atoms with Gasteiger partial charge in [0.2, 0.25) is 0 Å². The molecule has 0 aliphatic heterocycles. The van der Waals surface area contributed by atoms with Crippen molar-refractivity contribution in [2.24, 2.45) is 0 Å². The van der Waals surface area contributed by atoms with E-state index < -0.39 is 0 Å². The normalized spacial score (nSPS) is 7.34. The third kappa shape index (κ3) is 864. The van der Waals surface area contributed by atoms with Crippen molar-refractivity contribution < 1.29 is 250 Å². The van der Waals surface area contributed by atoms with Crippen molar-refractivity contribution in [1.29, 1.82) is 0 Å². The minimum absolute atomic E-state index is 0. The van der Waals surface area contributed by atoms with Gasteiger partial charge >= 0.3 is 189 Å². The summed E-state index contributed by atoms with van der Waals surface area (Å²) in [6.45, 7) is 73.4. The fraction of sp³-hybridized carbons (Fsp3) is 0.900. The topological polar surface area (TPSA) is 322 Å². The second-order valence-electron chi connectivity index (χ2n) is 19.7. The molecule has 0 aromatic carbocycles. The molecule has 0 bridgehead atoms. The minimum atomic E-state index is 0. The average molecular weight is 2040 g/mol. The Labute approximate surface area is 770 Å². The molecule has 0 aromatic heterocycles. The molecule has 8 N–H and O–H groups in total. The Balaban J connectivity index is -0.0000000235. The van der Waals surface area contributed by atoms with E-state index in [-0.39, 0.29) is 105 Å². The number of hydrogen-bond acceptors (Lipinski definition) is 16. The van der Waals surface area contributed by atoms with Crippen molar-refractivity contribution >= 4 is 0 Å². The van der Waals surface area contributed by atoms with E-state index in [0.717, 1.165) is 205 Å². The molecular weight excluding hydrogens is 1860 g/mol. The van der Waals surface area contributed by atoms with Crippen molar-refractivity contribution in [3.05, 3.63) is 55.4 Å². The molecule has 0 radical (unpaired) electrons. The predicted octanol–water partition coefficient (Wildman–Crippen LogP) is 19.3. The van der Waals surface area contributed by atoms with Crippen LogP contribution >= 0.6 is 0 Å². The summed E-state index contributed by atoms with van der Waals surface area (Å²) in [4.78, 5) is 0. The Kier molecular flexibility index (Phi) is 677. The summed E-state index contributed by atoms with van der Waals surface area (Å²) in [5.41, 5.74) is 0. The molecule has 0 aromatic rings. The van der Waals surface area contributed by atoms with Crippen LogP contribution in [0.3, 0.4) is 0 Å². The van der Waals surface area contributed by atoms with Crippen LogP contribution in [0, 0.1) is 55.4 Å². The third-order valence-electron chi connectivity index (χ3n) is 8.91. The van der Waals surface area contributed by atoms with Gasteiger partial charge in [-0.1, -0.05) is 293 Å². The van der Waals surface area contributed by atoms with Gasteiger partial charge in [-0.25, -0.2) is 0 Å². The van der Waals surface area contributed by atoms with Gasteiger partial charge in [0, 0.05) is 52.9 Å². The van der Waals surface area contributed by atoms with E-state index in [2.05, 4.69) is 166 Å². The Morgan fingerprint density at radius 3 is 0.233 bits per heavy atom. The zero-order chi connectivity index (χ0) is 84.8. The molecule has 0 fully saturated rings. The largest absolute Gasteiger partial charge is 4.00 e. The standard InChI is InChI=1S/8C4H10O.4C4H9O.8C4H9.4O.7Zr/c12*1-2-3-4-5;8*1-3-4-2;;;;;;;;;;;/h8*5H,2-4H2,1H3;4*2-4H2,1H3;8*1,3-4H2,2H3;;;;;;;;;;;/q;;;;;;;;12*-1;;;;;;;;;3*+4. The summed E-state index contributed by atoms with van der Waals surface area (Å²) >= 11 is 1.20. The number of hydrogen-bond donors (Lipinski definition) is 8. The number of unbranched alkanes of at least 4 members (excludes halogenated alkanes) is 20. The molecule has 0 saturated carbocycles. The van der Waals surface area contributed by atoms with E-state index >= 15 is 0 Å². The van der Waals surface area contributed by atoms with Gasteiger partial charge < -0.3 is 117 Å². The zero-order valence-corrected chi connectivity index (χ0v) is 90.0. The van der Waals surface area contributed by atoms with Crippen LogP contribution in [-0.2, 0) is 189 Å². The third-order valence-corrected chi connectivity index (χ3v) is 8.91. The first-order chi connectivity index (χ1) is 48.3. The molecule has 0 heterocycles. The van der Waals surface area contributed by atoms with Gasteiger partial charge in [-0.3, -0.25) is 0 Å². The summed E-state index contributed by atoms with van der Waals surface area (Å²) in [6, 6.07) is 0. The van der Waals surface area contributed by atoms with E-state index in [1.54, 1.807) is 0 Å². The van der Waals surface area contributed by atoms with E-state index in [1.807, 2.05) is 27.7 Å². The molecule has 0 unspecified atom stereocenters. The van der Waals surface area contributed by atoms with Crippen molar-refractivity contribution in [3.8, 4) is 0 Å². The van der Waals surface area contributed by atoms with Crippen molar-refractivity contribution in [2.75, 3.05) is 79.3 Å². The molecule has 0 aliphatic carbocycles. The first-order valence-corrected chi connectivity index (χ1v) is 42.7. The Morgan fingerprint density at radius 2 is 0.233 bits per heavy atom. The van der Waals surface area contributed by atoms with Gasteiger partial charge in [-0.05, 0) is 51.4 Å². The van der Waals surface area contributed by atoms with E-state index in [1.165, 1.54) is 51.4 Å². The molecule has 0 aliphatic rings. The molecular formula is C80H188O16Zr7. The summed E-state index contributed by atoms with van der Waals surface area (Å²) in [6.07, 6.45) is 42.0. The quantitative estimate of drug-likeness (QED) is 0.0290. The zero-order valence-electron chi connectivity index (χ0n) is 72.8. The average Bonchev–Trinajstić information content (AvgIpc) is 3.67. The van der Waals surface area contributed by atoms with Gasteiger partial charge in [0.05, 0.1) is 0 Å². The molecule has 103 heavy (non-hydrogen) atoms. The van der Waals surface area contributed by atoms with E-state index in [0.29, 0.717) is 152 Å². The van der Waals surface area contributed by atoms with Crippen LogP contribution in [0.25, 0.3) is 0 Å². The fourth-order valence-corrected chi connectivity index (χ4v) is 1.84. The number of aliphatic hydroxyl groups is 8. The molecule has 0 rings (SSSR count). The van der Waals surface area contributed by atoms with Gasteiger partial charge in [-0.15, -0.1) is 26.4 Å². The van der Waals surface area contributed by atoms with Crippen molar-refractivity contribution in [1.82, 2.24) is 0 Å². The molecule has 632 valence electrons. The van der Waals surface area contributed by atoms with Crippen LogP contribution in [0.4, 0.5) is 0 Å². The number of aliphatic hydroxyl groups excluding tert-OH is 8. The van der Waals surface area contributed by atoms with Gasteiger partial charge in [0.25, 0.3) is 0 Å². The van der Waals surface area contributed by atoms with Crippen LogP contribution in [0.15, 0.2) is 0 Å². The summed E-state index contributed by atoms with van der Waals surface area (Å²) in [7, 11) is 0. The summed E-state index contributed by atoms with van der Waals surface area (Å²) < 4.78 is 33.4. The SMILES string of the molecule is CCCCO.CCCCO.CCCCO.CCCCO.CCCCO.CCCCO.CCCCO.CCCCO.CCCC[O-].CCCC[O-].CCCC[O-].CCCC[O-].[CH2-]CCC.[CH2-]CCC.[CH2-]CCC.[CH2-]CCC.[CH2-]CCC.[CH2-]CCC.[CH2-]CCC.[CH2-]CCC.[O]=[Zr].[O]=[Zr].[O]=[Zr].[O]=[Zr].[Zr+4].[Zr+4].[Zr+4]. The molecule has 0 atom stereocenters. The van der Waals surface area contributed by atoms with Gasteiger partial charge in [0.15, 0.2) is 0 Å². The second-order valence-corrected chi connectivity index (χ2v) is 19.7. The van der Waals surface area contributed by atoms with Crippen molar-refractivity contribution in [2.45, 2.75) is 395 Å². The molecule has 16 nitrogen and oxygen atoms in total. The molecule has 23 heteroatoms. The maximum Gasteiger partial charge on any atom is 4.00 e. The summed E-state index contributed by atoms with van der Waals surface area (Å²) in [5, 5.41) is 103. The smallest absolute Gasteiger partial charge is 4.00 e. The Bertz CT molecular complexity index is 525.